The van der Waals surface area contributed by atoms with E-state index in [2.05, 4.69) is 6.92 Å². The van der Waals surface area contributed by atoms with Gasteiger partial charge in [-0.2, -0.15) is 0 Å². The molecular weight excluding hydrogens is 186 g/mol. The Morgan fingerprint density at radius 3 is 2.53 bits per heavy atom. The minimum Gasteiger partial charge on any atom is -0.381 e. The van der Waals surface area contributed by atoms with Crippen LogP contribution in [-0.2, 0) is 4.74 Å². The highest BCUT2D eigenvalue weighted by Crippen LogP contribution is 2.41. The maximum atomic E-state index is 6.62. The lowest BCUT2D eigenvalue weighted by Crippen LogP contribution is -2.54. The molecule has 1 saturated carbocycles. The summed E-state index contributed by atoms with van der Waals surface area (Å²) in [6.45, 7) is 4.08. The molecule has 1 aliphatic heterocycles. The summed E-state index contributed by atoms with van der Waals surface area (Å²) in [5.41, 5.74) is 6.72. The van der Waals surface area contributed by atoms with Gasteiger partial charge >= 0.3 is 0 Å². The molecule has 2 fully saturated rings. The lowest BCUT2D eigenvalue weighted by atomic mass is 9.65. The van der Waals surface area contributed by atoms with Crippen molar-refractivity contribution in [2.75, 3.05) is 13.2 Å². The maximum Gasteiger partial charge on any atom is 0.0483 e. The van der Waals surface area contributed by atoms with Gasteiger partial charge in [0, 0.05) is 18.8 Å². The van der Waals surface area contributed by atoms with Crippen molar-refractivity contribution in [1.29, 1.82) is 0 Å². The summed E-state index contributed by atoms with van der Waals surface area (Å²) in [6, 6.07) is 0. The van der Waals surface area contributed by atoms with Crippen LogP contribution in [0.15, 0.2) is 0 Å². The molecular formula is C13H25NO. The van der Waals surface area contributed by atoms with Gasteiger partial charge in [-0.25, -0.2) is 0 Å². The predicted octanol–water partition coefficient (Wildman–Crippen LogP) is 2.71. The second-order valence-electron chi connectivity index (χ2n) is 5.40. The van der Waals surface area contributed by atoms with E-state index < -0.39 is 0 Å². The molecule has 2 N–H and O–H groups in total. The first-order chi connectivity index (χ1) is 7.26. The zero-order valence-electron chi connectivity index (χ0n) is 10.0. The van der Waals surface area contributed by atoms with E-state index in [0.29, 0.717) is 0 Å². The van der Waals surface area contributed by atoms with Crippen molar-refractivity contribution in [1.82, 2.24) is 0 Å². The van der Waals surface area contributed by atoms with Crippen molar-refractivity contribution in [2.45, 2.75) is 57.4 Å². The average molecular weight is 211 g/mol. The molecule has 0 spiro atoms. The second-order valence-corrected chi connectivity index (χ2v) is 5.40. The predicted molar refractivity (Wildman–Crippen MR) is 62.7 cm³/mol. The molecule has 2 atom stereocenters. The first-order valence-electron chi connectivity index (χ1n) is 6.63. The average Bonchev–Trinajstić information content (AvgIpc) is 2.30. The fraction of sp³-hybridized carbons (Fsp3) is 1.00. The normalized spacial score (nSPS) is 36.4. The molecule has 2 unspecified atom stereocenters. The molecule has 0 bridgehead atoms. The Bertz CT molecular complexity index is 199. The topological polar surface area (TPSA) is 35.2 Å². The highest BCUT2D eigenvalue weighted by Gasteiger charge is 2.40. The molecule has 2 aliphatic rings. The zero-order valence-corrected chi connectivity index (χ0v) is 10.0. The van der Waals surface area contributed by atoms with E-state index in [-0.39, 0.29) is 5.54 Å². The minimum atomic E-state index is 0.0966. The smallest absolute Gasteiger partial charge is 0.0483 e. The van der Waals surface area contributed by atoms with Gasteiger partial charge in [0.05, 0.1) is 0 Å². The van der Waals surface area contributed by atoms with E-state index in [1.165, 1.54) is 32.1 Å². The molecule has 0 aromatic carbocycles. The van der Waals surface area contributed by atoms with Crippen molar-refractivity contribution < 1.29 is 4.74 Å². The second kappa shape index (κ2) is 4.84. The van der Waals surface area contributed by atoms with E-state index in [1.54, 1.807) is 0 Å². The lowest BCUT2D eigenvalue weighted by Gasteiger charge is -2.46. The Balaban J connectivity index is 2.04. The fourth-order valence-electron chi connectivity index (χ4n) is 3.58. The summed E-state index contributed by atoms with van der Waals surface area (Å²) in [4.78, 5) is 0. The van der Waals surface area contributed by atoms with Crippen LogP contribution in [0, 0.1) is 11.8 Å². The summed E-state index contributed by atoms with van der Waals surface area (Å²) in [5.74, 6) is 1.64. The molecule has 0 aromatic rings. The van der Waals surface area contributed by atoms with E-state index in [1.807, 2.05) is 0 Å². The van der Waals surface area contributed by atoms with Gasteiger partial charge in [-0.1, -0.05) is 32.6 Å². The summed E-state index contributed by atoms with van der Waals surface area (Å²) >= 11 is 0. The highest BCUT2D eigenvalue weighted by molar-refractivity contribution is 4.96. The van der Waals surface area contributed by atoms with Gasteiger partial charge in [0.1, 0.15) is 0 Å². The summed E-state index contributed by atoms with van der Waals surface area (Å²) in [6.07, 6.45) is 9.03. The zero-order chi connectivity index (χ0) is 10.7. The summed E-state index contributed by atoms with van der Waals surface area (Å²) in [7, 11) is 0. The molecule has 1 heterocycles. The molecule has 2 rings (SSSR count). The Hall–Kier alpha value is -0.0800. The maximum absolute atomic E-state index is 6.62. The van der Waals surface area contributed by atoms with Gasteiger partial charge < -0.3 is 10.5 Å². The largest absolute Gasteiger partial charge is 0.381 e. The van der Waals surface area contributed by atoms with Crippen LogP contribution in [0.3, 0.4) is 0 Å². The molecule has 0 radical (unpaired) electrons. The number of rotatable bonds is 2. The molecule has 2 nitrogen and oxygen atoms in total. The van der Waals surface area contributed by atoms with Crippen molar-refractivity contribution in [3.05, 3.63) is 0 Å². The van der Waals surface area contributed by atoms with E-state index in [9.17, 15) is 0 Å². The third-order valence-electron chi connectivity index (χ3n) is 4.60. The van der Waals surface area contributed by atoms with Gasteiger partial charge in [-0.05, 0) is 31.1 Å². The molecule has 2 heteroatoms. The minimum absolute atomic E-state index is 0.0966. The highest BCUT2D eigenvalue weighted by atomic mass is 16.5. The monoisotopic (exact) mass is 211 g/mol. The van der Waals surface area contributed by atoms with Crippen LogP contribution in [0.25, 0.3) is 0 Å². The third-order valence-corrected chi connectivity index (χ3v) is 4.60. The molecule has 0 aromatic heterocycles. The quantitative estimate of drug-likeness (QED) is 0.762. The van der Waals surface area contributed by atoms with E-state index in [4.69, 9.17) is 10.5 Å². The standard InChI is InChI=1S/C13H25NO/c1-2-11-5-3-4-6-12(11)13(14)7-9-15-10-8-13/h11-12H,2-10,14H2,1H3. The van der Waals surface area contributed by atoms with Crippen molar-refractivity contribution >= 4 is 0 Å². The Morgan fingerprint density at radius 2 is 1.87 bits per heavy atom. The Morgan fingerprint density at radius 1 is 1.20 bits per heavy atom. The van der Waals surface area contributed by atoms with Crippen molar-refractivity contribution in [3.63, 3.8) is 0 Å². The van der Waals surface area contributed by atoms with Gasteiger partial charge in [-0.3, -0.25) is 0 Å². The Kier molecular flexibility index (Phi) is 3.68. The van der Waals surface area contributed by atoms with Gasteiger partial charge in [0.15, 0.2) is 0 Å². The van der Waals surface area contributed by atoms with Crippen LogP contribution in [-0.4, -0.2) is 18.8 Å². The van der Waals surface area contributed by atoms with Gasteiger partial charge in [0.2, 0.25) is 0 Å². The first-order valence-corrected chi connectivity index (χ1v) is 6.63. The van der Waals surface area contributed by atoms with Crippen LogP contribution >= 0.6 is 0 Å². The van der Waals surface area contributed by atoms with Gasteiger partial charge in [0.25, 0.3) is 0 Å². The molecule has 1 aliphatic carbocycles. The van der Waals surface area contributed by atoms with Crippen LogP contribution in [0.5, 0.6) is 0 Å². The molecule has 88 valence electrons. The molecule has 1 saturated heterocycles. The molecule has 0 amide bonds. The number of hydrogen-bond acceptors (Lipinski definition) is 2. The van der Waals surface area contributed by atoms with Crippen molar-refractivity contribution in [3.8, 4) is 0 Å². The number of nitrogens with two attached hydrogens (primary N) is 1. The third kappa shape index (κ3) is 2.36. The van der Waals surface area contributed by atoms with Crippen LogP contribution in [0.4, 0.5) is 0 Å². The van der Waals surface area contributed by atoms with Crippen molar-refractivity contribution in [2.24, 2.45) is 17.6 Å². The lowest BCUT2D eigenvalue weighted by molar-refractivity contribution is 0.00412. The first kappa shape index (κ1) is 11.4. The summed E-state index contributed by atoms with van der Waals surface area (Å²) in [5, 5.41) is 0. The SMILES string of the molecule is CCC1CCCCC1C1(N)CCOCC1. The Labute approximate surface area is 93.6 Å². The van der Waals surface area contributed by atoms with Crippen LogP contribution < -0.4 is 5.73 Å². The van der Waals surface area contributed by atoms with Crippen LogP contribution in [0.1, 0.15) is 51.9 Å². The van der Waals surface area contributed by atoms with E-state index in [0.717, 1.165) is 37.9 Å². The van der Waals surface area contributed by atoms with Crippen LogP contribution in [0.2, 0.25) is 0 Å². The number of ether oxygens (including phenoxy) is 1. The fourth-order valence-corrected chi connectivity index (χ4v) is 3.58. The summed E-state index contributed by atoms with van der Waals surface area (Å²) < 4.78 is 5.44. The number of hydrogen-bond donors (Lipinski definition) is 1. The van der Waals surface area contributed by atoms with E-state index >= 15 is 0 Å². The van der Waals surface area contributed by atoms with Gasteiger partial charge in [-0.15, -0.1) is 0 Å². The molecule has 15 heavy (non-hydrogen) atoms.